The molecule has 5 nitrogen and oxygen atoms in total. The van der Waals surface area contributed by atoms with E-state index in [2.05, 4.69) is 0 Å². The third-order valence-corrected chi connectivity index (χ3v) is 2.06. The second-order valence-corrected chi connectivity index (χ2v) is 2.85. The van der Waals surface area contributed by atoms with Crippen LogP contribution >= 0.6 is 0 Å². The number of hydrogen-bond acceptors (Lipinski definition) is 2. The maximum atomic E-state index is 10.8. The van der Waals surface area contributed by atoms with Crippen LogP contribution in [0.4, 0.5) is 0 Å². The Labute approximate surface area is 114 Å². The third kappa shape index (κ3) is 3.57. The summed E-state index contributed by atoms with van der Waals surface area (Å²) >= 11 is 0. The summed E-state index contributed by atoms with van der Waals surface area (Å²) in [6, 6.07) is -0.314. The van der Waals surface area contributed by atoms with Gasteiger partial charge in [0.05, 0.1) is 4.86 Å². The van der Waals surface area contributed by atoms with Gasteiger partial charge < -0.3 is 10.4 Å². The molecule has 0 radical (unpaired) electrons. The summed E-state index contributed by atoms with van der Waals surface area (Å²) in [5.74, 6) is 0. The summed E-state index contributed by atoms with van der Waals surface area (Å²) in [5.41, 5.74) is 0. The smallest absolute Gasteiger partial charge is 0.310 e. The molecule has 1 N–H and O–H groups in total. The molecule has 12 heavy (non-hydrogen) atoms. The Hall–Kier alpha value is 0.636. The second-order valence-electron chi connectivity index (χ2n) is 2.85. The normalized spacial score (nSPS) is 21.0. The zero-order chi connectivity index (χ0) is 8.27. The first-order chi connectivity index (χ1) is 5.22. The minimum absolute atomic E-state index is 0. The molecule has 1 aliphatic rings. The fraction of sp³-hybridized carbons (Fsp3) is 1.00. The summed E-state index contributed by atoms with van der Waals surface area (Å²) < 4.78 is 0. The van der Waals surface area contributed by atoms with Gasteiger partial charge in [-0.3, -0.25) is 0 Å². The van der Waals surface area contributed by atoms with Crippen LogP contribution < -0.4 is 0 Å². The Balaban J connectivity index is 0.00000121. The van der Waals surface area contributed by atoms with Crippen molar-refractivity contribution in [1.29, 1.82) is 0 Å². The summed E-state index contributed by atoms with van der Waals surface area (Å²) in [5, 5.41) is 28.6. The molecule has 0 aliphatic heterocycles. The molecule has 0 aromatic heterocycles. The molecule has 1 fully saturated rings. The van der Waals surface area contributed by atoms with Crippen LogP contribution in [0.3, 0.4) is 0 Å². The maximum Gasteiger partial charge on any atom is 0.310 e. The molecule has 0 saturated heterocycles. The van der Waals surface area contributed by atoms with E-state index in [-0.39, 0.29) is 62.3 Å². The van der Waals surface area contributed by atoms with Crippen molar-refractivity contribution < 1.29 is 15.1 Å². The standard InChI is InChI=1S/C6H12N2O3.K.H/c9-7(8(10)11)6-4-2-1-3-5-6;;/h6H,1-5H2,(H,10,11);;. The first-order valence-corrected chi connectivity index (χ1v) is 3.84. The minimum Gasteiger partial charge on any atom is -0.563 e. The van der Waals surface area contributed by atoms with E-state index in [0.29, 0.717) is 12.8 Å². The van der Waals surface area contributed by atoms with Gasteiger partial charge in [0.15, 0.2) is 0 Å². The van der Waals surface area contributed by atoms with Gasteiger partial charge in [0.25, 0.3) is 0 Å². The number of hydroxylamine groups is 1. The molecule has 1 rings (SSSR count). The van der Waals surface area contributed by atoms with Crippen LogP contribution in [0.15, 0.2) is 0 Å². The Morgan fingerprint density at radius 3 is 2.00 bits per heavy atom. The monoisotopic (exact) mass is 200 g/mol. The van der Waals surface area contributed by atoms with Crippen molar-refractivity contribution in [1.82, 2.24) is 0 Å². The van der Waals surface area contributed by atoms with Crippen molar-refractivity contribution in [3.05, 3.63) is 10.4 Å². The Bertz CT molecular complexity index is 164. The number of hydrogen-bond donors (Lipinski definition) is 1. The van der Waals surface area contributed by atoms with E-state index in [1.165, 1.54) is 0 Å². The van der Waals surface area contributed by atoms with Gasteiger partial charge in [-0.25, -0.2) is 0 Å². The number of nitrogens with zero attached hydrogens (tertiary/aromatic N) is 2. The van der Waals surface area contributed by atoms with Gasteiger partial charge in [0.1, 0.15) is 0 Å². The van der Waals surface area contributed by atoms with Crippen molar-refractivity contribution in [2.45, 2.75) is 38.1 Å². The van der Waals surface area contributed by atoms with Crippen molar-refractivity contribution in [3.8, 4) is 0 Å². The molecule has 0 aromatic carbocycles. The quantitative estimate of drug-likeness (QED) is 0.290. The van der Waals surface area contributed by atoms with E-state index in [9.17, 15) is 10.4 Å². The van der Waals surface area contributed by atoms with Crippen LogP contribution in [-0.2, 0) is 0 Å². The molecular formula is C6H13KN2O3. The van der Waals surface area contributed by atoms with Gasteiger partial charge in [-0.1, -0.05) is 6.42 Å². The summed E-state index contributed by atoms with van der Waals surface area (Å²) in [6.45, 7) is 0. The molecular weight excluding hydrogens is 187 g/mol. The van der Waals surface area contributed by atoms with Gasteiger partial charge in [-0.2, -0.15) is 5.21 Å². The average molecular weight is 200 g/mol. The van der Waals surface area contributed by atoms with Crippen molar-refractivity contribution in [2.24, 2.45) is 0 Å². The molecule has 0 atom stereocenters. The Morgan fingerprint density at radius 1 is 1.08 bits per heavy atom. The second kappa shape index (κ2) is 6.15. The predicted molar refractivity (Wildman–Crippen MR) is 43.1 cm³/mol. The molecule has 1 aliphatic carbocycles. The van der Waals surface area contributed by atoms with E-state index in [4.69, 9.17) is 5.21 Å². The van der Waals surface area contributed by atoms with Gasteiger partial charge in [-0.05, 0) is 12.8 Å². The maximum absolute atomic E-state index is 10.8. The summed E-state index contributed by atoms with van der Waals surface area (Å²) in [7, 11) is 0. The zero-order valence-corrected chi connectivity index (χ0v) is 6.27. The topological polar surface area (TPSA) is 72.4 Å². The minimum atomic E-state index is -0.615. The average Bonchev–Trinajstić information content (AvgIpc) is 2.05. The van der Waals surface area contributed by atoms with Crippen LogP contribution in [0.1, 0.15) is 32.1 Å². The molecule has 0 amide bonds. The SMILES string of the molecule is [KH].[O-]/[N+](O)=[N+](/[O-])C1CCCCC1. The van der Waals surface area contributed by atoms with Gasteiger partial charge >= 0.3 is 56.4 Å². The fourth-order valence-corrected chi connectivity index (χ4v) is 1.44. The zero-order valence-electron chi connectivity index (χ0n) is 6.27. The largest absolute Gasteiger partial charge is 0.563 e. The Kier molecular flexibility index (Phi) is 6.47. The van der Waals surface area contributed by atoms with Crippen LogP contribution in [-0.4, -0.2) is 72.5 Å². The van der Waals surface area contributed by atoms with Gasteiger partial charge in [-0.15, -0.1) is 0 Å². The molecule has 66 valence electrons. The third-order valence-electron chi connectivity index (χ3n) is 2.06. The van der Waals surface area contributed by atoms with Gasteiger partial charge in [0, 0.05) is 12.8 Å². The van der Waals surface area contributed by atoms with E-state index < -0.39 is 5.02 Å². The first kappa shape index (κ1) is 12.6. The Morgan fingerprint density at radius 2 is 1.58 bits per heavy atom. The van der Waals surface area contributed by atoms with E-state index in [1.807, 2.05) is 0 Å². The van der Waals surface area contributed by atoms with Crippen LogP contribution in [0.5, 0.6) is 0 Å². The van der Waals surface area contributed by atoms with Crippen LogP contribution in [0.25, 0.3) is 0 Å². The summed E-state index contributed by atoms with van der Waals surface area (Å²) in [4.78, 5) is 0.110. The molecule has 0 spiro atoms. The molecule has 0 bridgehead atoms. The molecule has 0 unspecified atom stereocenters. The molecule has 0 heterocycles. The van der Waals surface area contributed by atoms with Crippen LogP contribution in [0.2, 0.25) is 0 Å². The number of rotatable bonds is 1. The van der Waals surface area contributed by atoms with Crippen molar-refractivity contribution in [2.75, 3.05) is 0 Å². The summed E-state index contributed by atoms with van der Waals surface area (Å²) in [6.07, 6.45) is 4.48. The van der Waals surface area contributed by atoms with E-state index >= 15 is 0 Å². The van der Waals surface area contributed by atoms with Crippen molar-refractivity contribution >= 4 is 51.4 Å². The predicted octanol–water partition coefficient (Wildman–Crippen LogP) is 0.533. The first-order valence-electron chi connectivity index (χ1n) is 3.84. The molecule has 1 saturated carbocycles. The van der Waals surface area contributed by atoms with E-state index in [1.54, 1.807) is 0 Å². The molecule has 0 aromatic rings. The van der Waals surface area contributed by atoms with E-state index in [0.717, 1.165) is 19.3 Å². The van der Waals surface area contributed by atoms with Crippen LogP contribution in [0, 0.1) is 10.4 Å². The molecule has 6 heteroatoms. The van der Waals surface area contributed by atoms with Gasteiger partial charge in [0.2, 0.25) is 6.04 Å². The fourth-order valence-electron chi connectivity index (χ4n) is 1.44. The van der Waals surface area contributed by atoms with Crippen molar-refractivity contribution in [3.63, 3.8) is 0 Å².